The standard InChI is InChI=1S/C13H6F10O4/c14-10(15,12(18,19)20)8(24)26-5-6-3-1-2-4-7(6)27-9(25)11(16,17)13(21,22)23/h1-4H,5H2. The Bertz CT molecular complexity index is 708. The summed E-state index contributed by atoms with van der Waals surface area (Å²) in [6, 6.07) is 3.34. The summed E-state index contributed by atoms with van der Waals surface area (Å²) in [6.07, 6.45) is -12.6. The van der Waals surface area contributed by atoms with Crippen molar-refractivity contribution in [3.8, 4) is 5.75 Å². The zero-order valence-electron chi connectivity index (χ0n) is 12.4. The maximum absolute atomic E-state index is 12.8. The lowest BCUT2D eigenvalue weighted by Crippen LogP contribution is -2.46. The predicted octanol–water partition coefficient (Wildman–Crippen LogP) is 4.03. The summed E-state index contributed by atoms with van der Waals surface area (Å²) in [5.41, 5.74) is -0.727. The van der Waals surface area contributed by atoms with Gasteiger partial charge in [-0.1, -0.05) is 18.2 Å². The molecule has 1 rings (SSSR count). The number of para-hydroxylation sites is 1. The van der Waals surface area contributed by atoms with E-state index in [2.05, 4.69) is 9.47 Å². The summed E-state index contributed by atoms with van der Waals surface area (Å²) < 4.78 is 131. The van der Waals surface area contributed by atoms with Gasteiger partial charge in [-0.3, -0.25) is 0 Å². The van der Waals surface area contributed by atoms with Crippen LogP contribution in [0.5, 0.6) is 5.75 Å². The smallest absolute Gasteiger partial charge is 0.456 e. The number of halogens is 10. The van der Waals surface area contributed by atoms with Crippen LogP contribution in [0.4, 0.5) is 43.9 Å². The molecule has 0 aliphatic rings. The van der Waals surface area contributed by atoms with Crippen LogP contribution in [0.25, 0.3) is 0 Å². The van der Waals surface area contributed by atoms with Crippen molar-refractivity contribution >= 4 is 11.9 Å². The highest BCUT2D eigenvalue weighted by Gasteiger charge is 2.66. The lowest BCUT2D eigenvalue weighted by atomic mass is 10.2. The molecule has 0 N–H and O–H groups in total. The molecule has 0 aliphatic heterocycles. The van der Waals surface area contributed by atoms with Crippen LogP contribution < -0.4 is 4.74 Å². The minimum absolute atomic E-state index is 0.620. The van der Waals surface area contributed by atoms with Crippen molar-refractivity contribution in [2.75, 3.05) is 0 Å². The van der Waals surface area contributed by atoms with Gasteiger partial charge in [-0.25, -0.2) is 9.59 Å². The number of hydrogen-bond donors (Lipinski definition) is 0. The number of hydrogen-bond acceptors (Lipinski definition) is 4. The van der Waals surface area contributed by atoms with Crippen molar-refractivity contribution in [2.24, 2.45) is 0 Å². The molecule has 0 unspecified atom stereocenters. The number of esters is 2. The fourth-order valence-electron chi connectivity index (χ4n) is 1.35. The van der Waals surface area contributed by atoms with Crippen LogP contribution in [0, 0.1) is 0 Å². The second kappa shape index (κ2) is 7.23. The van der Waals surface area contributed by atoms with Crippen LogP contribution in [0.15, 0.2) is 24.3 Å². The van der Waals surface area contributed by atoms with Crippen LogP contribution in [0.3, 0.4) is 0 Å². The van der Waals surface area contributed by atoms with Gasteiger partial charge in [0.25, 0.3) is 0 Å². The Kier molecular flexibility index (Phi) is 6.02. The van der Waals surface area contributed by atoms with Crippen molar-refractivity contribution in [2.45, 2.75) is 30.8 Å². The van der Waals surface area contributed by atoms with E-state index < -0.39 is 54.1 Å². The van der Waals surface area contributed by atoms with E-state index in [-0.39, 0.29) is 0 Å². The summed E-state index contributed by atoms with van der Waals surface area (Å²) in [4.78, 5) is 21.8. The van der Waals surface area contributed by atoms with Gasteiger partial charge in [0.1, 0.15) is 12.4 Å². The first-order valence-corrected chi connectivity index (χ1v) is 6.38. The van der Waals surface area contributed by atoms with Crippen molar-refractivity contribution in [3.63, 3.8) is 0 Å². The topological polar surface area (TPSA) is 52.6 Å². The van der Waals surface area contributed by atoms with Crippen LogP contribution in [-0.2, 0) is 20.9 Å². The highest BCUT2D eigenvalue weighted by molar-refractivity contribution is 5.81. The molecule has 0 aliphatic carbocycles. The first-order chi connectivity index (χ1) is 12.0. The van der Waals surface area contributed by atoms with Crippen LogP contribution in [0.1, 0.15) is 5.56 Å². The third kappa shape index (κ3) is 4.80. The van der Waals surface area contributed by atoms with Gasteiger partial charge in [0.15, 0.2) is 0 Å². The molecule has 4 nitrogen and oxygen atoms in total. The van der Waals surface area contributed by atoms with Crippen LogP contribution in [0.2, 0.25) is 0 Å². The number of carbonyl (C=O) groups excluding carboxylic acids is 2. The molecule has 0 spiro atoms. The summed E-state index contributed by atoms with van der Waals surface area (Å²) in [5.74, 6) is -19.1. The molecule has 152 valence electrons. The van der Waals surface area contributed by atoms with E-state index in [0.29, 0.717) is 6.07 Å². The molecule has 0 radical (unpaired) electrons. The molecular formula is C13H6F10O4. The van der Waals surface area contributed by atoms with Gasteiger partial charge in [-0.15, -0.1) is 0 Å². The van der Waals surface area contributed by atoms with E-state index in [1.54, 1.807) is 0 Å². The van der Waals surface area contributed by atoms with E-state index in [0.717, 1.165) is 18.2 Å². The monoisotopic (exact) mass is 416 g/mol. The quantitative estimate of drug-likeness (QED) is 0.413. The van der Waals surface area contributed by atoms with Gasteiger partial charge in [-0.2, -0.15) is 43.9 Å². The average molecular weight is 416 g/mol. The van der Waals surface area contributed by atoms with E-state index in [1.807, 2.05) is 0 Å². The van der Waals surface area contributed by atoms with E-state index in [9.17, 15) is 53.5 Å². The van der Waals surface area contributed by atoms with E-state index >= 15 is 0 Å². The molecule has 0 bridgehead atoms. The molecule has 0 amide bonds. The van der Waals surface area contributed by atoms with Gasteiger partial charge >= 0.3 is 36.1 Å². The van der Waals surface area contributed by atoms with Crippen molar-refractivity contribution in [1.82, 2.24) is 0 Å². The van der Waals surface area contributed by atoms with Gasteiger partial charge in [0, 0.05) is 5.56 Å². The third-order valence-electron chi connectivity index (χ3n) is 2.76. The maximum atomic E-state index is 12.8. The predicted molar refractivity (Wildman–Crippen MR) is 63.9 cm³/mol. The number of benzene rings is 1. The number of carbonyl (C=O) groups is 2. The Hall–Kier alpha value is -2.54. The number of rotatable bonds is 5. The summed E-state index contributed by atoms with van der Waals surface area (Å²) >= 11 is 0. The number of alkyl halides is 10. The van der Waals surface area contributed by atoms with Crippen LogP contribution >= 0.6 is 0 Å². The average Bonchev–Trinajstić information content (AvgIpc) is 2.51. The normalized spacial score (nSPS) is 13.3. The molecule has 0 saturated heterocycles. The Morgan fingerprint density at radius 3 is 1.67 bits per heavy atom. The minimum Gasteiger partial charge on any atom is -0.456 e. The molecule has 0 aromatic heterocycles. The lowest BCUT2D eigenvalue weighted by Gasteiger charge is -2.19. The lowest BCUT2D eigenvalue weighted by molar-refractivity contribution is -0.281. The minimum atomic E-state index is -6.31. The molecule has 0 heterocycles. The molecule has 0 saturated carbocycles. The highest BCUT2D eigenvalue weighted by atomic mass is 19.4. The Labute approximate surface area is 142 Å². The zero-order valence-corrected chi connectivity index (χ0v) is 12.4. The molecule has 1 aromatic rings. The molecule has 1 aromatic carbocycles. The highest BCUT2D eigenvalue weighted by Crippen LogP contribution is 2.38. The third-order valence-corrected chi connectivity index (χ3v) is 2.76. The fraction of sp³-hybridized carbons (Fsp3) is 0.385. The molecular weight excluding hydrogens is 410 g/mol. The SMILES string of the molecule is O=C(OCc1ccccc1OC(=O)C(F)(F)C(F)(F)F)C(F)(F)C(F)(F)F. The molecule has 27 heavy (non-hydrogen) atoms. The molecule has 0 fully saturated rings. The van der Waals surface area contributed by atoms with E-state index in [4.69, 9.17) is 0 Å². The van der Waals surface area contributed by atoms with Crippen LogP contribution in [-0.4, -0.2) is 36.1 Å². The van der Waals surface area contributed by atoms with Gasteiger partial charge in [0.05, 0.1) is 0 Å². The second-order valence-electron chi connectivity index (χ2n) is 4.72. The Morgan fingerprint density at radius 1 is 0.741 bits per heavy atom. The summed E-state index contributed by atoms with van der Waals surface area (Å²) in [5, 5.41) is 0. The fourth-order valence-corrected chi connectivity index (χ4v) is 1.35. The van der Waals surface area contributed by atoms with Crippen molar-refractivity contribution < 1.29 is 63.0 Å². The largest absolute Gasteiger partial charge is 0.465 e. The van der Waals surface area contributed by atoms with Gasteiger partial charge < -0.3 is 9.47 Å². The Balaban J connectivity index is 2.96. The molecule has 0 atom stereocenters. The van der Waals surface area contributed by atoms with Gasteiger partial charge in [0.2, 0.25) is 0 Å². The maximum Gasteiger partial charge on any atom is 0.465 e. The summed E-state index contributed by atoms with van der Waals surface area (Å²) in [7, 11) is 0. The van der Waals surface area contributed by atoms with Crippen molar-refractivity contribution in [3.05, 3.63) is 29.8 Å². The molecule has 14 heteroatoms. The first kappa shape index (κ1) is 22.5. The zero-order chi connectivity index (χ0) is 21.3. The Morgan fingerprint density at radius 2 is 1.19 bits per heavy atom. The first-order valence-electron chi connectivity index (χ1n) is 6.38. The second-order valence-corrected chi connectivity index (χ2v) is 4.72. The number of ether oxygens (including phenoxy) is 2. The van der Waals surface area contributed by atoms with E-state index in [1.165, 1.54) is 0 Å². The summed E-state index contributed by atoms with van der Waals surface area (Å²) in [6.45, 7) is -1.44. The van der Waals surface area contributed by atoms with Gasteiger partial charge in [-0.05, 0) is 6.07 Å². The van der Waals surface area contributed by atoms with Crippen molar-refractivity contribution in [1.29, 1.82) is 0 Å².